The Morgan fingerprint density at radius 2 is 2.20 bits per heavy atom. The molecule has 0 fully saturated rings. The summed E-state index contributed by atoms with van der Waals surface area (Å²) in [6, 6.07) is -0.357. The minimum Gasteiger partial charge on any atom is -0.481 e. The number of hydrogen-bond donors (Lipinski definition) is 3. The lowest BCUT2D eigenvalue weighted by molar-refractivity contribution is -0.137. The van der Waals surface area contributed by atoms with E-state index in [4.69, 9.17) is 9.63 Å². The van der Waals surface area contributed by atoms with Gasteiger partial charge in [0.05, 0.1) is 0 Å². The number of carbonyl (C=O) groups excluding carboxylic acids is 1. The minimum absolute atomic E-state index is 0.0694. The topological polar surface area (TPSA) is 117 Å². The maximum atomic E-state index is 11.5. The average molecular weight is 284 g/mol. The largest absolute Gasteiger partial charge is 0.481 e. The van der Waals surface area contributed by atoms with E-state index in [0.29, 0.717) is 37.5 Å². The molecule has 1 aromatic heterocycles. The normalized spacial score (nSPS) is 11.9. The van der Waals surface area contributed by atoms with Crippen molar-refractivity contribution in [3.63, 3.8) is 0 Å². The molecule has 1 atom stereocenters. The molecule has 0 saturated heterocycles. The van der Waals surface area contributed by atoms with Crippen LogP contribution in [0, 0.1) is 6.92 Å². The molecule has 0 radical (unpaired) electrons. The first-order valence-electron chi connectivity index (χ1n) is 6.52. The van der Waals surface area contributed by atoms with Gasteiger partial charge in [0.2, 0.25) is 5.89 Å². The van der Waals surface area contributed by atoms with Gasteiger partial charge in [0.25, 0.3) is 0 Å². The van der Waals surface area contributed by atoms with Gasteiger partial charge in [-0.3, -0.25) is 4.79 Å². The Morgan fingerprint density at radius 3 is 2.80 bits per heavy atom. The number of aryl methyl sites for hydroxylation is 1. The Hall–Kier alpha value is -2.12. The van der Waals surface area contributed by atoms with Crippen molar-refractivity contribution in [2.75, 3.05) is 6.54 Å². The molecule has 112 valence electrons. The van der Waals surface area contributed by atoms with Gasteiger partial charge in [-0.25, -0.2) is 4.79 Å². The molecular formula is C12H20N4O4. The summed E-state index contributed by atoms with van der Waals surface area (Å²) in [6.45, 7) is 3.96. The van der Waals surface area contributed by atoms with Crippen molar-refractivity contribution < 1.29 is 19.2 Å². The number of urea groups is 1. The van der Waals surface area contributed by atoms with Gasteiger partial charge in [0.1, 0.15) is 0 Å². The van der Waals surface area contributed by atoms with E-state index >= 15 is 0 Å². The Balaban J connectivity index is 2.11. The fraction of sp³-hybridized carbons (Fsp3) is 0.667. The van der Waals surface area contributed by atoms with E-state index in [0.717, 1.165) is 0 Å². The molecule has 0 bridgehead atoms. The summed E-state index contributed by atoms with van der Waals surface area (Å²) in [7, 11) is 0. The monoisotopic (exact) mass is 284 g/mol. The Morgan fingerprint density at radius 1 is 1.45 bits per heavy atom. The third-order valence-electron chi connectivity index (χ3n) is 2.60. The number of carbonyl (C=O) groups is 2. The number of carboxylic acids is 1. The van der Waals surface area contributed by atoms with Gasteiger partial charge >= 0.3 is 12.0 Å². The van der Waals surface area contributed by atoms with Crippen molar-refractivity contribution in [2.45, 2.75) is 45.6 Å². The van der Waals surface area contributed by atoms with Crippen molar-refractivity contribution in [3.05, 3.63) is 11.7 Å². The quantitative estimate of drug-likeness (QED) is 0.651. The maximum absolute atomic E-state index is 11.5. The van der Waals surface area contributed by atoms with Crippen LogP contribution in [0.1, 0.15) is 37.9 Å². The summed E-state index contributed by atoms with van der Waals surface area (Å²) in [6.07, 6.45) is 1.76. The lowest BCUT2D eigenvalue weighted by Crippen LogP contribution is -2.41. The molecule has 0 spiro atoms. The molecule has 1 rings (SSSR count). The van der Waals surface area contributed by atoms with E-state index in [-0.39, 0.29) is 18.5 Å². The number of aromatic nitrogens is 2. The van der Waals surface area contributed by atoms with Gasteiger partial charge in [-0.15, -0.1) is 0 Å². The number of nitrogens with one attached hydrogen (secondary N) is 2. The molecule has 0 aromatic carbocycles. The van der Waals surface area contributed by atoms with Crippen molar-refractivity contribution >= 4 is 12.0 Å². The smallest absolute Gasteiger partial charge is 0.315 e. The van der Waals surface area contributed by atoms with Crippen LogP contribution < -0.4 is 10.6 Å². The van der Waals surface area contributed by atoms with Crippen LogP contribution in [0.5, 0.6) is 0 Å². The predicted molar refractivity (Wildman–Crippen MR) is 70.2 cm³/mol. The lowest BCUT2D eigenvalue weighted by Gasteiger charge is -2.13. The summed E-state index contributed by atoms with van der Waals surface area (Å²) < 4.78 is 4.91. The lowest BCUT2D eigenvalue weighted by atomic mass is 10.1. The Kier molecular flexibility index (Phi) is 6.48. The number of hydrogen-bond acceptors (Lipinski definition) is 5. The molecule has 20 heavy (non-hydrogen) atoms. The molecule has 0 aliphatic heterocycles. The third kappa shape index (κ3) is 6.72. The highest BCUT2D eigenvalue weighted by molar-refractivity contribution is 5.74. The number of amides is 2. The Bertz CT molecular complexity index is 446. The number of aliphatic carboxylic acids is 1. The molecule has 8 nitrogen and oxygen atoms in total. The average Bonchev–Trinajstić information content (AvgIpc) is 2.74. The molecule has 1 aromatic rings. The van der Waals surface area contributed by atoms with Crippen LogP contribution in [-0.4, -0.2) is 39.8 Å². The zero-order chi connectivity index (χ0) is 15.0. The van der Waals surface area contributed by atoms with Crippen LogP contribution in [-0.2, 0) is 11.2 Å². The van der Waals surface area contributed by atoms with Gasteiger partial charge in [-0.05, 0) is 26.7 Å². The van der Waals surface area contributed by atoms with Gasteiger partial charge in [0.15, 0.2) is 5.82 Å². The van der Waals surface area contributed by atoms with Crippen LogP contribution in [0.15, 0.2) is 4.52 Å². The number of carboxylic acid groups (broad SMARTS) is 1. The van der Waals surface area contributed by atoms with Crippen LogP contribution in [0.25, 0.3) is 0 Å². The van der Waals surface area contributed by atoms with E-state index in [1.807, 2.05) is 6.92 Å². The molecule has 0 saturated carbocycles. The highest BCUT2D eigenvalue weighted by Crippen LogP contribution is 2.00. The summed E-state index contributed by atoms with van der Waals surface area (Å²) in [5.41, 5.74) is 0. The van der Waals surface area contributed by atoms with Gasteiger partial charge in [-0.2, -0.15) is 4.98 Å². The molecular weight excluding hydrogens is 264 g/mol. The molecule has 0 aliphatic rings. The first kappa shape index (κ1) is 15.9. The fourth-order valence-electron chi connectivity index (χ4n) is 1.63. The van der Waals surface area contributed by atoms with Crippen molar-refractivity contribution in [2.24, 2.45) is 0 Å². The van der Waals surface area contributed by atoms with Crippen LogP contribution in [0.4, 0.5) is 4.79 Å². The zero-order valence-corrected chi connectivity index (χ0v) is 11.7. The highest BCUT2D eigenvalue weighted by atomic mass is 16.5. The SMILES string of the molecule is Cc1noc(CCNC(=O)NC(C)CCCC(=O)O)n1. The second-order valence-corrected chi connectivity index (χ2v) is 4.57. The molecule has 8 heteroatoms. The molecule has 1 heterocycles. The molecule has 2 amide bonds. The molecule has 3 N–H and O–H groups in total. The standard InChI is InChI=1S/C12H20N4O4/c1-8(4-3-5-11(17)18)14-12(19)13-7-6-10-15-9(2)16-20-10/h8H,3-7H2,1-2H3,(H,17,18)(H2,13,14,19). The van der Waals surface area contributed by atoms with Crippen molar-refractivity contribution in [3.8, 4) is 0 Å². The maximum Gasteiger partial charge on any atom is 0.315 e. The van der Waals surface area contributed by atoms with Crippen molar-refractivity contribution in [1.82, 2.24) is 20.8 Å². The van der Waals surface area contributed by atoms with E-state index < -0.39 is 5.97 Å². The van der Waals surface area contributed by atoms with Gasteiger partial charge < -0.3 is 20.3 Å². The van der Waals surface area contributed by atoms with E-state index in [9.17, 15) is 9.59 Å². The molecule has 0 aliphatic carbocycles. The Labute approximate surface area is 116 Å². The van der Waals surface area contributed by atoms with Gasteiger partial charge in [-0.1, -0.05) is 5.16 Å². The summed E-state index contributed by atoms with van der Waals surface area (Å²) >= 11 is 0. The number of rotatable bonds is 8. The van der Waals surface area contributed by atoms with Crippen LogP contribution >= 0.6 is 0 Å². The highest BCUT2D eigenvalue weighted by Gasteiger charge is 2.08. The van der Waals surface area contributed by atoms with E-state index in [1.54, 1.807) is 6.92 Å². The van der Waals surface area contributed by atoms with E-state index in [2.05, 4.69) is 20.8 Å². The summed E-state index contributed by atoms with van der Waals surface area (Å²) in [5.74, 6) is 0.227. The second kappa shape index (κ2) is 8.13. The minimum atomic E-state index is -0.823. The van der Waals surface area contributed by atoms with Crippen molar-refractivity contribution in [1.29, 1.82) is 0 Å². The van der Waals surface area contributed by atoms with Crippen LogP contribution in [0.3, 0.4) is 0 Å². The first-order valence-corrected chi connectivity index (χ1v) is 6.52. The van der Waals surface area contributed by atoms with E-state index in [1.165, 1.54) is 0 Å². The van der Waals surface area contributed by atoms with Gasteiger partial charge in [0, 0.05) is 25.4 Å². The summed E-state index contributed by atoms with van der Waals surface area (Å²) in [5, 5.41) is 17.6. The first-order chi connectivity index (χ1) is 9.47. The number of nitrogens with zero attached hydrogens (tertiary/aromatic N) is 2. The second-order valence-electron chi connectivity index (χ2n) is 4.57. The summed E-state index contributed by atoms with van der Waals surface area (Å²) in [4.78, 5) is 25.9. The zero-order valence-electron chi connectivity index (χ0n) is 11.7. The molecule has 1 unspecified atom stereocenters. The van der Waals surface area contributed by atoms with Crippen LogP contribution in [0.2, 0.25) is 0 Å². The third-order valence-corrected chi connectivity index (χ3v) is 2.60. The predicted octanol–water partition coefficient (Wildman–Crippen LogP) is 0.863. The fourth-order valence-corrected chi connectivity index (χ4v) is 1.63.